The maximum atomic E-state index is 5.42. The molecule has 0 saturated carbocycles. The normalized spacial score (nSPS) is 10.8. The summed E-state index contributed by atoms with van der Waals surface area (Å²) in [5, 5.41) is 3.16. The number of ether oxygens (including phenoxy) is 1. The van der Waals surface area contributed by atoms with Gasteiger partial charge in [-0.2, -0.15) is 0 Å². The van der Waals surface area contributed by atoms with E-state index in [1.165, 1.54) is 0 Å². The maximum Gasteiger partial charge on any atom is 0.165 e. The third kappa shape index (κ3) is 3.64. The fourth-order valence-electron chi connectivity index (χ4n) is 2.13. The van der Waals surface area contributed by atoms with Crippen molar-refractivity contribution in [2.75, 3.05) is 19.5 Å². The monoisotopic (exact) mass is 397 g/mol. The number of benzene rings is 1. The highest BCUT2D eigenvalue weighted by Gasteiger charge is 2.15. The first-order valence-electron chi connectivity index (χ1n) is 6.94. The molecule has 0 fully saturated rings. The zero-order chi connectivity index (χ0) is 15.4. The van der Waals surface area contributed by atoms with Gasteiger partial charge in [0.15, 0.2) is 5.82 Å². The lowest BCUT2D eigenvalue weighted by atomic mass is 10.1. The Morgan fingerprint density at radius 3 is 2.57 bits per heavy atom. The SMILES string of the molecule is CNc1nc(-c2ccccc2OC)nc(CC(C)C)c1I. The van der Waals surface area contributed by atoms with Crippen LogP contribution in [0.4, 0.5) is 5.82 Å². The number of rotatable bonds is 5. The van der Waals surface area contributed by atoms with Crippen LogP contribution in [0.2, 0.25) is 0 Å². The van der Waals surface area contributed by atoms with E-state index >= 15 is 0 Å². The fraction of sp³-hybridized carbons (Fsp3) is 0.375. The van der Waals surface area contributed by atoms with E-state index in [2.05, 4.69) is 46.7 Å². The summed E-state index contributed by atoms with van der Waals surface area (Å²) in [7, 11) is 3.55. The molecule has 0 bridgehead atoms. The smallest absolute Gasteiger partial charge is 0.165 e. The van der Waals surface area contributed by atoms with E-state index in [0.717, 1.165) is 32.8 Å². The van der Waals surface area contributed by atoms with E-state index in [1.807, 2.05) is 31.3 Å². The number of anilines is 1. The highest BCUT2D eigenvalue weighted by Crippen LogP contribution is 2.30. The lowest BCUT2D eigenvalue weighted by Crippen LogP contribution is -2.08. The molecule has 2 aromatic rings. The summed E-state index contributed by atoms with van der Waals surface area (Å²) < 4.78 is 6.51. The lowest BCUT2D eigenvalue weighted by Gasteiger charge is -2.14. The first-order chi connectivity index (χ1) is 10.1. The van der Waals surface area contributed by atoms with E-state index in [1.54, 1.807) is 7.11 Å². The Labute approximate surface area is 139 Å². The van der Waals surface area contributed by atoms with Crippen molar-refractivity contribution in [2.45, 2.75) is 20.3 Å². The summed E-state index contributed by atoms with van der Waals surface area (Å²) >= 11 is 2.31. The summed E-state index contributed by atoms with van der Waals surface area (Å²) in [6, 6.07) is 7.83. The van der Waals surface area contributed by atoms with Crippen LogP contribution in [0.1, 0.15) is 19.5 Å². The molecular formula is C16H20IN3O. The lowest BCUT2D eigenvalue weighted by molar-refractivity contribution is 0.416. The van der Waals surface area contributed by atoms with E-state index < -0.39 is 0 Å². The summed E-state index contributed by atoms with van der Waals surface area (Å²) in [6.45, 7) is 4.39. The number of nitrogens with zero attached hydrogens (tertiary/aromatic N) is 2. The largest absolute Gasteiger partial charge is 0.496 e. The Bertz CT molecular complexity index is 629. The molecule has 2 rings (SSSR count). The molecule has 1 aromatic heterocycles. The van der Waals surface area contributed by atoms with Gasteiger partial charge in [-0.25, -0.2) is 9.97 Å². The molecule has 0 aliphatic carbocycles. The molecule has 1 aromatic carbocycles. The van der Waals surface area contributed by atoms with Gasteiger partial charge >= 0.3 is 0 Å². The minimum atomic E-state index is 0.545. The Hall–Kier alpha value is -1.37. The number of nitrogens with one attached hydrogen (secondary N) is 1. The van der Waals surface area contributed by atoms with Crippen LogP contribution >= 0.6 is 22.6 Å². The van der Waals surface area contributed by atoms with Crippen LogP contribution in [-0.2, 0) is 6.42 Å². The molecular weight excluding hydrogens is 377 g/mol. The zero-order valence-corrected chi connectivity index (χ0v) is 14.9. The van der Waals surface area contributed by atoms with Crippen molar-refractivity contribution in [1.82, 2.24) is 9.97 Å². The van der Waals surface area contributed by atoms with E-state index in [-0.39, 0.29) is 0 Å². The molecule has 0 atom stereocenters. The molecule has 0 saturated heterocycles. The van der Waals surface area contributed by atoms with Gasteiger partial charge in [0, 0.05) is 7.05 Å². The van der Waals surface area contributed by atoms with Gasteiger partial charge in [-0.15, -0.1) is 0 Å². The van der Waals surface area contributed by atoms with Crippen LogP contribution < -0.4 is 10.1 Å². The Morgan fingerprint density at radius 2 is 1.95 bits per heavy atom. The minimum absolute atomic E-state index is 0.545. The second-order valence-corrected chi connectivity index (χ2v) is 6.28. The summed E-state index contributed by atoms with van der Waals surface area (Å²) in [5.41, 5.74) is 1.99. The fourth-order valence-corrected chi connectivity index (χ4v) is 2.86. The number of methoxy groups -OCH3 is 1. The van der Waals surface area contributed by atoms with Crippen molar-refractivity contribution < 1.29 is 4.74 Å². The first kappa shape index (κ1) is 16.0. The molecule has 1 N–H and O–H groups in total. The van der Waals surface area contributed by atoms with Gasteiger partial charge in [-0.05, 0) is 47.1 Å². The van der Waals surface area contributed by atoms with E-state index in [4.69, 9.17) is 9.72 Å². The van der Waals surface area contributed by atoms with Crippen molar-refractivity contribution in [3.8, 4) is 17.1 Å². The van der Waals surface area contributed by atoms with Crippen LogP contribution in [0, 0.1) is 9.49 Å². The number of para-hydroxylation sites is 1. The van der Waals surface area contributed by atoms with Crippen LogP contribution in [0.3, 0.4) is 0 Å². The average molecular weight is 397 g/mol. The molecule has 0 radical (unpaired) electrons. The van der Waals surface area contributed by atoms with Gasteiger partial charge < -0.3 is 10.1 Å². The van der Waals surface area contributed by atoms with E-state index in [0.29, 0.717) is 11.7 Å². The number of hydrogen-bond acceptors (Lipinski definition) is 4. The molecule has 112 valence electrons. The van der Waals surface area contributed by atoms with Gasteiger partial charge in [-0.3, -0.25) is 0 Å². The predicted octanol–water partition coefficient (Wildman–Crippen LogP) is 4.00. The van der Waals surface area contributed by atoms with Gasteiger partial charge in [0.05, 0.1) is 21.9 Å². The second-order valence-electron chi connectivity index (χ2n) is 5.20. The van der Waals surface area contributed by atoms with Crippen LogP contribution in [0.5, 0.6) is 5.75 Å². The summed E-state index contributed by atoms with van der Waals surface area (Å²) in [5.74, 6) is 2.90. The second kappa shape index (κ2) is 7.06. The third-order valence-corrected chi connectivity index (χ3v) is 4.24. The molecule has 0 unspecified atom stereocenters. The predicted molar refractivity (Wildman–Crippen MR) is 94.8 cm³/mol. The Morgan fingerprint density at radius 1 is 1.24 bits per heavy atom. The topological polar surface area (TPSA) is 47.0 Å². The summed E-state index contributed by atoms with van der Waals surface area (Å²) in [6.07, 6.45) is 0.928. The van der Waals surface area contributed by atoms with Gasteiger partial charge in [0.2, 0.25) is 0 Å². The molecule has 5 heteroatoms. The van der Waals surface area contributed by atoms with Crippen LogP contribution in [0.15, 0.2) is 24.3 Å². The first-order valence-corrected chi connectivity index (χ1v) is 8.02. The zero-order valence-electron chi connectivity index (χ0n) is 12.8. The van der Waals surface area contributed by atoms with E-state index in [9.17, 15) is 0 Å². The van der Waals surface area contributed by atoms with Crippen LogP contribution in [0.25, 0.3) is 11.4 Å². The molecule has 0 amide bonds. The molecule has 21 heavy (non-hydrogen) atoms. The number of halogens is 1. The van der Waals surface area contributed by atoms with Crippen LogP contribution in [-0.4, -0.2) is 24.1 Å². The van der Waals surface area contributed by atoms with Crippen molar-refractivity contribution in [3.63, 3.8) is 0 Å². The van der Waals surface area contributed by atoms with Gasteiger partial charge in [0.1, 0.15) is 11.6 Å². The number of hydrogen-bond donors (Lipinski definition) is 1. The highest BCUT2D eigenvalue weighted by molar-refractivity contribution is 14.1. The quantitative estimate of drug-likeness (QED) is 0.775. The third-order valence-electron chi connectivity index (χ3n) is 3.11. The Kier molecular flexibility index (Phi) is 5.39. The van der Waals surface area contributed by atoms with Crippen molar-refractivity contribution in [2.24, 2.45) is 5.92 Å². The van der Waals surface area contributed by atoms with Crippen molar-refractivity contribution in [1.29, 1.82) is 0 Å². The van der Waals surface area contributed by atoms with Crippen molar-refractivity contribution in [3.05, 3.63) is 33.5 Å². The summed E-state index contributed by atoms with van der Waals surface area (Å²) in [4.78, 5) is 9.39. The van der Waals surface area contributed by atoms with Gasteiger partial charge in [0.25, 0.3) is 0 Å². The highest BCUT2D eigenvalue weighted by atomic mass is 127. The standard InChI is InChI=1S/C16H20IN3O/c1-10(2)9-12-14(17)16(18-3)20-15(19-12)11-7-5-6-8-13(11)21-4/h5-8,10H,9H2,1-4H3,(H,18,19,20). The molecule has 4 nitrogen and oxygen atoms in total. The minimum Gasteiger partial charge on any atom is -0.496 e. The van der Waals surface area contributed by atoms with Crippen molar-refractivity contribution >= 4 is 28.4 Å². The molecule has 0 spiro atoms. The molecule has 0 aliphatic heterocycles. The number of aromatic nitrogens is 2. The van der Waals surface area contributed by atoms with Gasteiger partial charge in [-0.1, -0.05) is 26.0 Å². The molecule has 0 aliphatic rings. The Balaban J connectivity index is 2.58. The maximum absolute atomic E-state index is 5.42. The molecule has 1 heterocycles. The average Bonchev–Trinajstić information content (AvgIpc) is 2.48.